The Kier molecular flexibility index (Phi) is 3.46. The van der Waals surface area contributed by atoms with E-state index in [1.54, 1.807) is 7.05 Å². The van der Waals surface area contributed by atoms with Crippen molar-refractivity contribution in [2.75, 3.05) is 7.05 Å². The second kappa shape index (κ2) is 4.62. The summed E-state index contributed by atoms with van der Waals surface area (Å²) in [6.07, 6.45) is 1.05. The highest BCUT2D eigenvalue weighted by Crippen LogP contribution is 2.04. The van der Waals surface area contributed by atoms with E-state index in [1.165, 1.54) is 5.56 Å². The van der Waals surface area contributed by atoms with Crippen LogP contribution in [0.5, 0.6) is 0 Å². The monoisotopic (exact) mass is 177 g/mol. The van der Waals surface area contributed by atoms with Gasteiger partial charge in [0.25, 0.3) is 0 Å². The summed E-state index contributed by atoms with van der Waals surface area (Å²) in [6, 6.07) is 8.19. The summed E-state index contributed by atoms with van der Waals surface area (Å²) in [5.41, 5.74) is 4.89. The Morgan fingerprint density at radius 1 is 1.38 bits per heavy atom. The maximum absolute atomic E-state index is 5.31. The molecule has 0 unspecified atom stereocenters. The van der Waals surface area contributed by atoms with Crippen LogP contribution in [-0.4, -0.2) is 12.9 Å². The van der Waals surface area contributed by atoms with Gasteiger partial charge in [0.2, 0.25) is 0 Å². The number of benzene rings is 1. The highest BCUT2D eigenvalue weighted by molar-refractivity contribution is 5.98. The number of aryl methyl sites for hydroxylation is 1. The van der Waals surface area contributed by atoms with Crippen LogP contribution in [0.1, 0.15) is 18.1 Å². The number of nitrogens with zero attached hydrogens (tertiary/aromatic N) is 1. The van der Waals surface area contributed by atoms with Crippen LogP contribution in [0, 0.1) is 0 Å². The quantitative estimate of drug-likeness (QED) is 0.307. The van der Waals surface area contributed by atoms with Crippen molar-refractivity contribution in [2.45, 2.75) is 13.3 Å². The van der Waals surface area contributed by atoms with E-state index in [2.05, 4.69) is 29.5 Å². The fraction of sp³-hybridized carbons (Fsp3) is 0.300. The van der Waals surface area contributed by atoms with Crippen molar-refractivity contribution in [1.82, 2.24) is 5.43 Å². The minimum Gasteiger partial charge on any atom is -0.308 e. The Morgan fingerprint density at radius 3 is 2.38 bits per heavy atom. The van der Waals surface area contributed by atoms with Gasteiger partial charge in [-0.1, -0.05) is 31.2 Å². The Hall–Kier alpha value is -1.35. The zero-order valence-corrected chi connectivity index (χ0v) is 8.04. The first-order valence-electron chi connectivity index (χ1n) is 4.34. The largest absolute Gasteiger partial charge is 0.308 e. The molecule has 3 nitrogen and oxygen atoms in total. The van der Waals surface area contributed by atoms with Crippen LogP contribution in [0.25, 0.3) is 0 Å². The lowest BCUT2D eigenvalue weighted by Crippen LogP contribution is -2.30. The topological polar surface area (TPSA) is 50.4 Å². The molecule has 0 saturated carbocycles. The van der Waals surface area contributed by atoms with Gasteiger partial charge < -0.3 is 5.43 Å². The third kappa shape index (κ3) is 2.29. The summed E-state index contributed by atoms with van der Waals surface area (Å²) >= 11 is 0. The maximum atomic E-state index is 5.31. The predicted octanol–water partition coefficient (Wildman–Crippen LogP) is 1.09. The second-order valence-corrected chi connectivity index (χ2v) is 2.77. The first-order chi connectivity index (χ1) is 6.31. The van der Waals surface area contributed by atoms with E-state index >= 15 is 0 Å². The molecule has 0 heterocycles. The van der Waals surface area contributed by atoms with E-state index in [9.17, 15) is 0 Å². The van der Waals surface area contributed by atoms with Crippen molar-refractivity contribution in [3.05, 3.63) is 35.4 Å². The van der Waals surface area contributed by atoms with E-state index in [-0.39, 0.29) is 0 Å². The summed E-state index contributed by atoms with van der Waals surface area (Å²) in [5.74, 6) is 6.02. The molecule has 70 valence electrons. The smallest absolute Gasteiger partial charge is 0.142 e. The third-order valence-corrected chi connectivity index (χ3v) is 2.00. The van der Waals surface area contributed by atoms with Crippen LogP contribution >= 0.6 is 0 Å². The van der Waals surface area contributed by atoms with Gasteiger partial charge in [0.1, 0.15) is 5.84 Å². The van der Waals surface area contributed by atoms with Crippen LogP contribution in [0.4, 0.5) is 0 Å². The Morgan fingerprint density at radius 2 is 2.00 bits per heavy atom. The Labute approximate surface area is 78.6 Å². The fourth-order valence-corrected chi connectivity index (χ4v) is 1.18. The standard InChI is InChI=1S/C10H15N3/c1-3-8-4-6-9(7-5-8)10(12-2)13-11/h4-7H,3,11H2,1-2H3,(H,12,13). The number of nitrogens with one attached hydrogen (secondary N) is 1. The Balaban J connectivity index is 2.91. The number of aliphatic imine (C=N–C) groups is 1. The molecule has 0 atom stereocenters. The van der Waals surface area contributed by atoms with Crippen molar-refractivity contribution in [3.63, 3.8) is 0 Å². The number of hydrazine groups is 1. The average Bonchev–Trinajstić information content (AvgIpc) is 2.21. The molecule has 13 heavy (non-hydrogen) atoms. The third-order valence-electron chi connectivity index (χ3n) is 2.00. The summed E-state index contributed by atoms with van der Waals surface area (Å²) in [6.45, 7) is 2.13. The van der Waals surface area contributed by atoms with Gasteiger partial charge in [-0.25, -0.2) is 5.84 Å². The molecule has 1 aromatic rings. The first-order valence-corrected chi connectivity index (χ1v) is 4.34. The van der Waals surface area contributed by atoms with Gasteiger partial charge in [-0.3, -0.25) is 4.99 Å². The first kappa shape index (κ1) is 9.74. The molecule has 1 rings (SSSR count). The van der Waals surface area contributed by atoms with Gasteiger partial charge in [0.15, 0.2) is 0 Å². The fourth-order valence-electron chi connectivity index (χ4n) is 1.18. The van der Waals surface area contributed by atoms with Crippen LogP contribution < -0.4 is 11.3 Å². The summed E-state index contributed by atoms with van der Waals surface area (Å²) in [4.78, 5) is 4.01. The molecule has 1 aromatic carbocycles. The predicted molar refractivity (Wildman–Crippen MR) is 55.6 cm³/mol. The summed E-state index contributed by atoms with van der Waals surface area (Å²) in [5, 5.41) is 0. The van der Waals surface area contributed by atoms with Crippen LogP contribution in [0.2, 0.25) is 0 Å². The molecule has 0 amide bonds. The van der Waals surface area contributed by atoms with E-state index < -0.39 is 0 Å². The van der Waals surface area contributed by atoms with Gasteiger partial charge in [-0.2, -0.15) is 0 Å². The lowest BCUT2D eigenvalue weighted by atomic mass is 10.1. The molecular formula is C10H15N3. The van der Waals surface area contributed by atoms with Gasteiger partial charge >= 0.3 is 0 Å². The highest BCUT2D eigenvalue weighted by atomic mass is 15.2. The normalized spacial score (nSPS) is 11.5. The zero-order valence-electron chi connectivity index (χ0n) is 8.04. The van der Waals surface area contributed by atoms with Crippen LogP contribution in [0.3, 0.4) is 0 Å². The van der Waals surface area contributed by atoms with Crippen LogP contribution in [-0.2, 0) is 6.42 Å². The number of hydrogen-bond acceptors (Lipinski definition) is 2. The van der Waals surface area contributed by atoms with Crippen LogP contribution in [0.15, 0.2) is 29.3 Å². The number of amidine groups is 1. The van der Waals surface area contributed by atoms with Gasteiger partial charge in [-0.15, -0.1) is 0 Å². The van der Waals surface area contributed by atoms with Gasteiger partial charge in [-0.05, 0) is 12.0 Å². The SMILES string of the molecule is CCc1ccc(C(=NC)NN)cc1. The molecule has 0 fully saturated rings. The number of hydrogen-bond donors (Lipinski definition) is 2. The van der Waals surface area contributed by atoms with E-state index in [0.29, 0.717) is 5.84 Å². The molecule has 0 aliphatic rings. The second-order valence-electron chi connectivity index (χ2n) is 2.77. The Bertz CT molecular complexity index is 288. The molecular weight excluding hydrogens is 162 g/mol. The minimum absolute atomic E-state index is 0.711. The molecule has 0 bridgehead atoms. The molecule has 0 saturated heterocycles. The molecule has 0 radical (unpaired) electrons. The summed E-state index contributed by atoms with van der Waals surface area (Å²) < 4.78 is 0. The van der Waals surface area contributed by atoms with E-state index in [0.717, 1.165) is 12.0 Å². The molecule has 3 N–H and O–H groups in total. The van der Waals surface area contributed by atoms with Crippen molar-refractivity contribution in [3.8, 4) is 0 Å². The number of nitrogens with two attached hydrogens (primary N) is 1. The molecule has 0 aliphatic heterocycles. The molecule has 0 aromatic heterocycles. The van der Waals surface area contributed by atoms with Crippen molar-refractivity contribution in [2.24, 2.45) is 10.8 Å². The van der Waals surface area contributed by atoms with Gasteiger partial charge in [0, 0.05) is 12.6 Å². The lowest BCUT2D eigenvalue weighted by molar-refractivity contribution is 1.02. The molecule has 3 heteroatoms. The average molecular weight is 177 g/mol. The van der Waals surface area contributed by atoms with E-state index in [4.69, 9.17) is 5.84 Å². The summed E-state index contributed by atoms with van der Waals surface area (Å²) in [7, 11) is 1.71. The van der Waals surface area contributed by atoms with Crippen molar-refractivity contribution >= 4 is 5.84 Å². The lowest BCUT2D eigenvalue weighted by Gasteiger charge is -2.04. The minimum atomic E-state index is 0.711. The highest BCUT2D eigenvalue weighted by Gasteiger charge is 1.98. The van der Waals surface area contributed by atoms with Crippen molar-refractivity contribution < 1.29 is 0 Å². The number of rotatable bonds is 2. The zero-order chi connectivity index (χ0) is 9.68. The molecule has 0 aliphatic carbocycles. The van der Waals surface area contributed by atoms with E-state index in [1.807, 2.05) is 12.1 Å². The van der Waals surface area contributed by atoms with Crippen molar-refractivity contribution in [1.29, 1.82) is 0 Å². The van der Waals surface area contributed by atoms with Gasteiger partial charge in [0.05, 0.1) is 0 Å². The maximum Gasteiger partial charge on any atom is 0.142 e. The molecule has 0 spiro atoms.